The molecule has 0 radical (unpaired) electrons. The highest BCUT2D eigenvalue weighted by Crippen LogP contribution is 2.35. The van der Waals surface area contributed by atoms with Crippen molar-refractivity contribution >= 4 is 11.8 Å². The second kappa shape index (κ2) is 5.55. The van der Waals surface area contributed by atoms with Crippen LogP contribution in [0.1, 0.15) is 43.5 Å². The summed E-state index contributed by atoms with van der Waals surface area (Å²) in [6.45, 7) is 4.31. The first kappa shape index (κ1) is 13.8. The van der Waals surface area contributed by atoms with Gasteiger partial charge in [0, 0.05) is 12.2 Å². The maximum atomic E-state index is 14.0. The zero-order valence-corrected chi connectivity index (χ0v) is 11.2. The minimum Gasteiger partial charge on any atom is -0.478 e. The number of rotatable bonds is 4. The van der Waals surface area contributed by atoms with Crippen LogP contribution >= 0.6 is 0 Å². The quantitative estimate of drug-likeness (QED) is 0.878. The molecule has 5 heteroatoms. The summed E-state index contributed by atoms with van der Waals surface area (Å²) in [6.07, 6.45) is 4.53. The van der Waals surface area contributed by atoms with Crippen molar-refractivity contribution in [2.45, 2.75) is 39.2 Å². The molecule has 0 aromatic carbocycles. The fraction of sp³-hybridized carbons (Fsp3) is 0.571. The molecular weight excluding hydrogens is 247 g/mol. The highest BCUT2D eigenvalue weighted by molar-refractivity contribution is 5.88. The van der Waals surface area contributed by atoms with Crippen molar-refractivity contribution in [1.29, 1.82) is 0 Å². The summed E-state index contributed by atoms with van der Waals surface area (Å²) in [4.78, 5) is 14.8. The van der Waals surface area contributed by atoms with Gasteiger partial charge in [0.15, 0.2) is 11.6 Å². The van der Waals surface area contributed by atoms with Gasteiger partial charge in [-0.15, -0.1) is 0 Å². The van der Waals surface area contributed by atoms with Crippen LogP contribution < -0.4 is 5.32 Å². The van der Waals surface area contributed by atoms with Crippen molar-refractivity contribution < 1.29 is 14.3 Å². The Morgan fingerprint density at radius 1 is 1.58 bits per heavy atom. The first-order valence-corrected chi connectivity index (χ1v) is 6.69. The summed E-state index contributed by atoms with van der Waals surface area (Å²) in [5.74, 6) is -0.910. The SMILES string of the molecule is CCC1CCC(Nc2nccc(C(=O)O)c2F)C1C. The molecule has 3 unspecified atom stereocenters. The minimum absolute atomic E-state index is 0.0495. The number of nitrogens with zero attached hydrogens (tertiary/aromatic N) is 1. The molecule has 1 fully saturated rings. The molecule has 3 atom stereocenters. The maximum absolute atomic E-state index is 14.0. The van der Waals surface area contributed by atoms with Crippen LogP contribution in [0.25, 0.3) is 0 Å². The lowest BCUT2D eigenvalue weighted by Gasteiger charge is -2.21. The number of hydrogen-bond acceptors (Lipinski definition) is 3. The molecule has 1 aromatic rings. The average molecular weight is 266 g/mol. The molecule has 4 nitrogen and oxygen atoms in total. The summed E-state index contributed by atoms with van der Waals surface area (Å²) in [7, 11) is 0. The van der Waals surface area contributed by atoms with E-state index in [2.05, 4.69) is 24.1 Å². The molecule has 0 spiro atoms. The number of halogens is 1. The third-order valence-corrected chi connectivity index (χ3v) is 4.19. The molecule has 1 saturated carbocycles. The van der Waals surface area contributed by atoms with E-state index in [1.54, 1.807) is 0 Å². The first-order valence-electron chi connectivity index (χ1n) is 6.69. The number of carboxylic acid groups (broad SMARTS) is 1. The smallest absolute Gasteiger partial charge is 0.338 e. The van der Waals surface area contributed by atoms with Gasteiger partial charge in [-0.05, 0) is 30.7 Å². The van der Waals surface area contributed by atoms with Crippen LogP contribution in [-0.4, -0.2) is 22.1 Å². The van der Waals surface area contributed by atoms with Crippen LogP contribution in [0.2, 0.25) is 0 Å². The Labute approximate surface area is 112 Å². The molecule has 104 valence electrons. The van der Waals surface area contributed by atoms with Gasteiger partial charge < -0.3 is 10.4 Å². The van der Waals surface area contributed by atoms with Crippen LogP contribution in [0.4, 0.5) is 10.2 Å². The van der Waals surface area contributed by atoms with E-state index in [0.717, 1.165) is 19.3 Å². The van der Waals surface area contributed by atoms with Crippen molar-refractivity contribution in [2.75, 3.05) is 5.32 Å². The van der Waals surface area contributed by atoms with E-state index in [1.807, 2.05) is 0 Å². The van der Waals surface area contributed by atoms with Gasteiger partial charge >= 0.3 is 5.97 Å². The molecule has 2 N–H and O–H groups in total. The predicted molar refractivity (Wildman–Crippen MR) is 70.7 cm³/mol. The van der Waals surface area contributed by atoms with Gasteiger partial charge in [-0.25, -0.2) is 14.2 Å². The van der Waals surface area contributed by atoms with Crippen LogP contribution in [0.5, 0.6) is 0 Å². The molecule has 2 rings (SSSR count). The topological polar surface area (TPSA) is 62.2 Å². The van der Waals surface area contributed by atoms with Crippen LogP contribution in [-0.2, 0) is 0 Å². The molecule has 1 aliphatic carbocycles. The van der Waals surface area contributed by atoms with Gasteiger partial charge in [0.2, 0.25) is 0 Å². The number of nitrogens with one attached hydrogen (secondary N) is 1. The van der Waals surface area contributed by atoms with Crippen LogP contribution in [0.15, 0.2) is 12.3 Å². The van der Waals surface area contributed by atoms with Gasteiger partial charge in [-0.1, -0.05) is 20.3 Å². The zero-order chi connectivity index (χ0) is 14.0. The Balaban J connectivity index is 2.16. The van der Waals surface area contributed by atoms with E-state index in [1.165, 1.54) is 12.3 Å². The zero-order valence-electron chi connectivity index (χ0n) is 11.2. The fourth-order valence-electron chi connectivity index (χ4n) is 2.91. The normalized spacial score (nSPS) is 26.4. The van der Waals surface area contributed by atoms with E-state index in [9.17, 15) is 9.18 Å². The number of anilines is 1. The Morgan fingerprint density at radius 3 is 2.89 bits per heavy atom. The van der Waals surface area contributed by atoms with E-state index in [4.69, 9.17) is 5.11 Å². The van der Waals surface area contributed by atoms with Crippen molar-refractivity contribution in [3.05, 3.63) is 23.6 Å². The largest absolute Gasteiger partial charge is 0.478 e. The second-order valence-corrected chi connectivity index (χ2v) is 5.18. The first-order chi connectivity index (χ1) is 9.04. The number of aromatic nitrogens is 1. The second-order valence-electron chi connectivity index (χ2n) is 5.18. The van der Waals surface area contributed by atoms with Crippen molar-refractivity contribution in [2.24, 2.45) is 11.8 Å². The lowest BCUT2D eigenvalue weighted by Crippen LogP contribution is -2.26. The summed E-state index contributed by atoms with van der Waals surface area (Å²) in [5, 5.41) is 12.0. The molecule has 19 heavy (non-hydrogen) atoms. The van der Waals surface area contributed by atoms with E-state index in [-0.39, 0.29) is 17.4 Å². The molecule has 1 aromatic heterocycles. The molecule has 0 saturated heterocycles. The summed E-state index contributed by atoms with van der Waals surface area (Å²) in [5.41, 5.74) is -0.338. The van der Waals surface area contributed by atoms with Gasteiger partial charge in [0.05, 0.1) is 0 Å². The molecule has 1 aliphatic rings. The summed E-state index contributed by atoms with van der Waals surface area (Å²) in [6, 6.07) is 1.34. The highest BCUT2D eigenvalue weighted by atomic mass is 19.1. The van der Waals surface area contributed by atoms with Crippen molar-refractivity contribution in [3.63, 3.8) is 0 Å². The number of aromatic carboxylic acids is 1. The predicted octanol–water partition coefficient (Wildman–Crippen LogP) is 3.16. The van der Waals surface area contributed by atoms with Gasteiger partial charge in [0.1, 0.15) is 5.56 Å². The van der Waals surface area contributed by atoms with Crippen molar-refractivity contribution in [1.82, 2.24) is 4.98 Å². The number of hydrogen-bond donors (Lipinski definition) is 2. The third kappa shape index (κ3) is 2.69. The van der Waals surface area contributed by atoms with Gasteiger partial charge in [-0.3, -0.25) is 0 Å². The van der Waals surface area contributed by atoms with Crippen LogP contribution in [0, 0.1) is 17.7 Å². The molecule has 1 heterocycles. The lowest BCUT2D eigenvalue weighted by molar-refractivity contribution is 0.0692. The minimum atomic E-state index is -1.27. The number of carboxylic acids is 1. The Morgan fingerprint density at radius 2 is 2.32 bits per heavy atom. The van der Waals surface area contributed by atoms with Crippen LogP contribution in [0.3, 0.4) is 0 Å². The Hall–Kier alpha value is -1.65. The molecular formula is C14H19FN2O2. The Bertz CT molecular complexity index is 479. The average Bonchev–Trinajstić information content (AvgIpc) is 2.72. The van der Waals surface area contributed by atoms with E-state index in [0.29, 0.717) is 11.8 Å². The Kier molecular flexibility index (Phi) is 4.02. The number of carbonyl (C=O) groups is 1. The lowest BCUT2D eigenvalue weighted by atomic mass is 9.93. The monoisotopic (exact) mass is 266 g/mol. The molecule has 0 bridgehead atoms. The third-order valence-electron chi connectivity index (χ3n) is 4.19. The standard InChI is InChI=1S/C14H19FN2O2/c1-3-9-4-5-11(8(9)2)17-13-12(15)10(14(18)19)6-7-16-13/h6-9,11H,3-5H2,1-2H3,(H,16,17)(H,18,19). The maximum Gasteiger partial charge on any atom is 0.338 e. The highest BCUT2D eigenvalue weighted by Gasteiger charge is 2.32. The van der Waals surface area contributed by atoms with Gasteiger partial charge in [-0.2, -0.15) is 0 Å². The summed E-state index contributed by atoms with van der Waals surface area (Å²) < 4.78 is 14.0. The van der Waals surface area contributed by atoms with Crippen molar-refractivity contribution in [3.8, 4) is 0 Å². The molecule has 0 aliphatic heterocycles. The number of pyridine rings is 1. The fourth-order valence-corrected chi connectivity index (χ4v) is 2.91. The van der Waals surface area contributed by atoms with E-state index >= 15 is 0 Å². The van der Waals surface area contributed by atoms with E-state index < -0.39 is 11.8 Å². The summed E-state index contributed by atoms with van der Waals surface area (Å²) >= 11 is 0. The van der Waals surface area contributed by atoms with Gasteiger partial charge in [0.25, 0.3) is 0 Å². The molecule has 0 amide bonds.